The second-order valence-corrected chi connectivity index (χ2v) is 6.62. The minimum atomic E-state index is -0.299. The standard InChI is InChI=1S/C21H25N5O3/c1-3-25-16-10-11-17(24-20(16)26(4-2)21(25)29)23-19(28)13-12-18(27)22-14-15-8-6-5-7-9-15/h5-11H,3-4,12-14H2,1-2H3,(H,22,27)(H,23,24,28). The number of amides is 2. The van der Waals surface area contributed by atoms with Crippen LogP contribution in [0.25, 0.3) is 11.2 Å². The van der Waals surface area contributed by atoms with Gasteiger partial charge in [0.15, 0.2) is 5.65 Å². The van der Waals surface area contributed by atoms with Gasteiger partial charge in [-0.25, -0.2) is 9.78 Å². The summed E-state index contributed by atoms with van der Waals surface area (Å²) in [6.45, 7) is 5.26. The smallest absolute Gasteiger partial charge is 0.330 e. The van der Waals surface area contributed by atoms with E-state index in [9.17, 15) is 14.4 Å². The van der Waals surface area contributed by atoms with Crippen molar-refractivity contribution in [3.63, 3.8) is 0 Å². The molecule has 0 saturated carbocycles. The molecule has 2 heterocycles. The number of benzene rings is 1. The van der Waals surface area contributed by atoms with Crippen molar-refractivity contribution in [2.75, 3.05) is 5.32 Å². The number of anilines is 1. The van der Waals surface area contributed by atoms with E-state index < -0.39 is 0 Å². The lowest BCUT2D eigenvalue weighted by Gasteiger charge is -2.07. The van der Waals surface area contributed by atoms with Gasteiger partial charge in [-0.05, 0) is 31.5 Å². The Kier molecular flexibility index (Phi) is 6.43. The van der Waals surface area contributed by atoms with E-state index in [1.807, 2.05) is 44.2 Å². The van der Waals surface area contributed by atoms with Crippen LogP contribution in [0.3, 0.4) is 0 Å². The molecule has 8 nitrogen and oxygen atoms in total. The summed E-state index contributed by atoms with van der Waals surface area (Å²) in [6.07, 6.45) is 0.143. The number of nitrogens with one attached hydrogen (secondary N) is 2. The Morgan fingerprint density at radius 3 is 2.31 bits per heavy atom. The van der Waals surface area contributed by atoms with E-state index in [2.05, 4.69) is 15.6 Å². The first-order valence-electron chi connectivity index (χ1n) is 9.74. The van der Waals surface area contributed by atoms with Crippen LogP contribution in [-0.4, -0.2) is 25.9 Å². The van der Waals surface area contributed by atoms with Gasteiger partial charge < -0.3 is 10.6 Å². The van der Waals surface area contributed by atoms with E-state index in [1.54, 1.807) is 21.3 Å². The molecule has 1 aromatic carbocycles. The average Bonchev–Trinajstić information content (AvgIpc) is 3.01. The van der Waals surface area contributed by atoms with Crippen LogP contribution in [0.5, 0.6) is 0 Å². The normalized spacial score (nSPS) is 10.8. The van der Waals surface area contributed by atoms with Crippen LogP contribution < -0.4 is 16.3 Å². The predicted molar refractivity (Wildman–Crippen MR) is 111 cm³/mol. The molecule has 0 aliphatic carbocycles. The molecule has 8 heteroatoms. The highest BCUT2D eigenvalue weighted by Crippen LogP contribution is 2.15. The van der Waals surface area contributed by atoms with Gasteiger partial charge in [0, 0.05) is 32.5 Å². The van der Waals surface area contributed by atoms with Crippen molar-refractivity contribution in [3.8, 4) is 0 Å². The Bertz CT molecular complexity index is 1070. The lowest BCUT2D eigenvalue weighted by Crippen LogP contribution is -2.24. The molecular weight excluding hydrogens is 370 g/mol. The molecule has 2 N–H and O–H groups in total. The second kappa shape index (κ2) is 9.18. The Morgan fingerprint density at radius 1 is 0.931 bits per heavy atom. The van der Waals surface area contributed by atoms with Gasteiger partial charge in [0.1, 0.15) is 5.82 Å². The molecule has 0 radical (unpaired) electrons. The van der Waals surface area contributed by atoms with Crippen molar-refractivity contribution in [1.29, 1.82) is 0 Å². The first-order valence-corrected chi connectivity index (χ1v) is 9.74. The number of aryl methyl sites for hydroxylation is 2. The monoisotopic (exact) mass is 395 g/mol. The van der Waals surface area contributed by atoms with Crippen LogP contribution in [0.2, 0.25) is 0 Å². The molecule has 29 heavy (non-hydrogen) atoms. The van der Waals surface area contributed by atoms with Gasteiger partial charge in [0.2, 0.25) is 11.8 Å². The topological polar surface area (TPSA) is 98.0 Å². The fourth-order valence-corrected chi connectivity index (χ4v) is 3.17. The molecule has 3 aromatic rings. The van der Waals surface area contributed by atoms with Crippen LogP contribution in [-0.2, 0) is 29.2 Å². The van der Waals surface area contributed by atoms with E-state index in [-0.39, 0.29) is 30.3 Å². The predicted octanol–water partition coefficient (Wildman–Crippen LogP) is 2.27. The average molecular weight is 395 g/mol. The molecule has 152 valence electrons. The van der Waals surface area contributed by atoms with Crippen LogP contribution >= 0.6 is 0 Å². The van der Waals surface area contributed by atoms with Crippen molar-refractivity contribution in [2.45, 2.75) is 46.3 Å². The van der Waals surface area contributed by atoms with Gasteiger partial charge in [0.05, 0.1) is 5.52 Å². The molecule has 0 bridgehead atoms. The van der Waals surface area contributed by atoms with Crippen LogP contribution in [0.15, 0.2) is 47.3 Å². The SMILES string of the molecule is CCn1c(=O)n(CC)c2nc(NC(=O)CCC(=O)NCc3ccccc3)ccc21. The lowest BCUT2D eigenvalue weighted by atomic mass is 10.2. The number of aromatic nitrogens is 3. The molecule has 0 aliphatic heterocycles. The van der Waals surface area contributed by atoms with E-state index in [1.165, 1.54) is 0 Å². The first-order chi connectivity index (χ1) is 14.0. The Balaban J connectivity index is 1.58. The maximum atomic E-state index is 12.4. The van der Waals surface area contributed by atoms with Gasteiger partial charge >= 0.3 is 5.69 Å². The number of nitrogens with zero attached hydrogens (tertiary/aromatic N) is 3. The zero-order valence-electron chi connectivity index (χ0n) is 16.6. The zero-order chi connectivity index (χ0) is 20.8. The molecule has 2 aromatic heterocycles. The molecular formula is C21H25N5O3. The second-order valence-electron chi connectivity index (χ2n) is 6.62. The van der Waals surface area contributed by atoms with E-state index in [4.69, 9.17) is 0 Å². The Labute approximate surface area is 168 Å². The van der Waals surface area contributed by atoms with Crippen molar-refractivity contribution in [1.82, 2.24) is 19.4 Å². The fourth-order valence-electron chi connectivity index (χ4n) is 3.17. The molecule has 3 rings (SSSR count). The van der Waals surface area contributed by atoms with E-state index in [0.717, 1.165) is 11.1 Å². The molecule has 0 atom stereocenters. The summed E-state index contributed by atoms with van der Waals surface area (Å²) in [5.41, 5.74) is 2.16. The van der Waals surface area contributed by atoms with Crippen LogP contribution in [0.1, 0.15) is 32.3 Å². The number of fused-ring (bicyclic) bond motifs is 1. The largest absolute Gasteiger partial charge is 0.352 e. The summed E-state index contributed by atoms with van der Waals surface area (Å²) in [5, 5.41) is 5.50. The first kappa shape index (κ1) is 20.3. The summed E-state index contributed by atoms with van der Waals surface area (Å²) >= 11 is 0. The third-order valence-corrected chi connectivity index (χ3v) is 4.67. The maximum Gasteiger partial charge on any atom is 0.330 e. The van der Waals surface area contributed by atoms with Crippen LogP contribution in [0, 0.1) is 0 Å². The fraction of sp³-hybridized carbons (Fsp3) is 0.333. The van der Waals surface area contributed by atoms with Crippen molar-refractivity contribution in [3.05, 3.63) is 58.5 Å². The summed E-state index contributed by atoms with van der Waals surface area (Å²) in [4.78, 5) is 41.0. The Morgan fingerprint density at radius 2 is 1.62 bits per heavy atom. The number of imidazole rings is 1. The van der Waals surface area contributed by atoms with Gasteiger partial charge in [0.25, 0.3) is 0 Å². The minimum Gasteiger partial charge on any atom is -0.352 e. The minimum absolute atomic E-state index is 0.0525. The quantitative estimate of drug-likeness (QED) is 0.611. The third kappa shape index (κ3) is 4.71. The van der Waals surface area contributed by atoms with Gasteiger partial charge in [-0.2, -0.15) is 0 Å². The number of hydrogen-bond acceptors (Lipinski definition) is 4. The molecule has 0 unspecified atom stereocenters. The van der Waals surface area contributed by atoms with Gasteiger partial charge in [-0.15, -0.1) is 0 Å². The highest BCUT2D eigenvalue weighted by molar-refractivity contribution is 5.93. The van der Waals surface area contributed by atoms with E-state index in [0.29, 0.717) is 31.1 Å². The van der Waals surface area contributed by atoms with E-state index >= 15 is 0 Å². The molecule has 0 saturated heterocycles. The summed E-state index contributed by atoms with van der Waals surface area (Å²) in [6, 6.07) is 13.0. The summed E-state index contributed by atoms with van der Waals surface area (Å²) in [5.74, 6) is -0.123. The number of carbonyl (C=O) groups is 2. The number of rotatable bonds is 8. The summed E-state index contributed by atoms with van der Waals surface area (Å²) < 4.78 is 3.22. The van der Waals surface area contributed by atoms with Crippen molar-refractivity contribution >= 4 is 28.8 Å². The highest BCUT2D eigenvalue weighted by Gasteiger charge is 2.14. The molecule has 0 fully saturated rings. The molecule has 0 aliphatic rings. The van der Waals surface area contributed by atoms with Gasteiger partial charge in [-0.3, -0.25) is 18.7 Å². The Hall–Kier alpha value is -3.42. The third-order valence-electron chi connectivity index (χ3n) is 4.67. The highest BCUT2D eigenvalue weighted by atomic mass is 16.2. The number of carbonyl (C=O) groups excluding carboxylic acids is 2. The zero-order valence-corrected chi connectivity index (χ0v) is 16.6. The van der Waals surface area contributed by atoms with Gasteiger partial charge in [-0.1, -0.05) is 30.3 Å². The number of pyridine rings is 1. The molecule has 0 spiro atoms. The van der Waals surface area contributed by atoms with Crippen molar-refractivity contribution in [2.24, 2.45) is 0 Å². The summed E-state index contributed by atoms with van der Waals surface area (Å²) in [7, 11) is 0. The number of hydrogen-bond donors (Lipinski definition) is 2. The van der Waals surface area contributed by atoms with Crippen LogP contribution in [0.4, 0.5) is 5.82 Å². The maximum absolute atomic E-state index is 12.4. The van der Waals surface area contributed by atoms with Crippen molar-refractivity contribution < 1.29 is 9.59 Å². The lowest BCUT2D eigenvalue weighted by molar-refractivity contribution is -0.124. The molecule has 2 amide bonds.